The summed E-state index contributed by atoms with van der Waals surface area (Å²) < 4.78 is 5.35. The molecule has 25 heavy (non-hydrogen) atoms. The van der Waals surface area contributed by atoms with E-state index in [1.165, 1.54) is 4.90 Å². The highest BCUT2D eigenvalue weighted by Crippen LogP contribution is 2.39. The summed E-state index contributed by atoms with van der Waals surface area (Å²) in [7, 11) is 3.93. The van der Waals surface area contributed by atoms with Crippen LogP contribution in [0.2, 0.25) is 5.02 Å². The Bertz CT molecular complexity index is 888. The average Bonchev–Trinajstić information content (AvgIpc) is 2.98. The molecule has 0 unspecified atom stereocenters. The second-order valence-electron chi connectivity index (χ2n) is 5.80. The fourth-order valence-electron chi connectivity index (χ4n) is 2.64. The van der Waals surface area contributed by atoms with Gasteiger partial charge in [-0.25, -0.2) is 0 Å². The molecular formula is C19H18ClN3O2. The molecule has 3 aromatic rings. The summed E-state index contributed by atoms with van der Waals surface area (Å²) in [4.78, 5) is 15.4. The van der Waals surface area contributed by atoms with Gasteiger partial charge in [0.25, 0.3) is 0 Å². The van der Waals surface area contributed by atoms with Crippen LogP contribution in [-0.2, 0) is 4.79 Å². The number of rotatable bonds is 5. The lowest BCUT2D eigenvalue weighted by atomic mass is 10.1. The molecule has 0 atom stereocenters. The van der Waals surface area contributed by atoms with Crippen LogP contribution in [0.4, 0.5) is 17.1 Å². The summed E-state index contributed by atoms with van der Waals surface area (Å²) in [6.45, 7) is 1.77. The molecule has 128 valence electrons. The van der Waals surface area contributed by atoms with E-state index in [1.807, 2.05) is 61.5 Å². The van der Waals surface area contributed by atoms with Crippen molar-refractivity contribution >= 4 is 35.1 Å². The zero-order valence-corrected chi connectivity index (χ0v) is 15.0. The number of carbonyl (C=O) groups is 1. The predicted molar refractivity (Wildman–Crippen MR) is 101 cm³/mol. The van der Waals surface area contributed by atoms with Crippen molar-refractivity contribution in [1.82, 2.24) is 5.16 Å². The first-order valence-electron chi connectivity index (χ1n) is 7.76. The van der Waals surface area contributed by atoms with E-state index in [-0.39, 0.29) is 0 Å². The number of nitrogens with zero attached hydrogens (tertiary/aromatic N) is 3. The SMILES string of the molecule is Cc1onc(-c2ccccc2Cl)c1N(C=O)c1ccc(N(C)C)cc1. The zero-order chi connectivity index (χ0) is 18.0. The molecule has 0 N–H and O–H groups in total. The molecule has 0 aliphatic carbocycles. The summed E-state index contributed by atoms with van der Waals surface area (Å²) in [5, 5.41) is 4.67. The van der Waals surface area contributed by atoms with Gasteiger partial charge in [-0.1, -0.05) is 35.0 Å². The van der Waals surface area contributed by atoms with Crippen LogP contribution in [0, 0.1) is 6.92 Å². The van der Waals surface area contributed by atoms with Crippen molar-refractivity contribution in [1.29, 1.82) is 0 Å². The van der Waals surface area contributed by atoms with Crippen LogP contribution in [0.25, 0.3) is 11.3 Å². The lowest BCUT2D eigenvalue weighted by Gasteiger charge is -2.19. The third-order valence-corrected chi connectivity index (χ3v) is 4.28. The van der Waals surface area contributed by atoms with Gasteiger partial charge in [0.05, 0.1) is 5.02 Å². The Labute approximate surface area is 151 Å². The minimum Gasteiger partial charge on any atom is -0.378 e. The number of hydrogen-bond donors (Lipinski definition) is 0. The van der Waals surface area contributed by atoms with Gasteiger partial charge in [-0.15, -0.1) is 0 Å². The summed E-state index contributed by atoms with van der Waals surface area (Å²) in [6, 6.07) is 15.0. The van der Waals surface area contributed by atoms with Crippen molar-refractivity contribution in [3.05, 3.63) is 59.3 Å². The van der Waals surface area contributed by atoms with Gasteiger partial charge in [-0.2, -0.15) is 0 Å². The topological polar surface area (TPSA) is 49.6 Å². The number of benzene rings is 2. The first-order valence-corrected chi connectivity index (χ1v) is 8.14. The summed E-state index contributed by atoms with van der Waals surface area (Å²) in [6.07, 6.45) is 0.755. The van der Waals surface area contributed by atoms with E-state index in [1.54, 1.807) is 13.0 Å². The van der Waals surface area contributed by atoms with Gasteiger partial charge in [-0.3, -0.25) is 9.69 Å². The van der Waals surface area contributed by atoms with Crippen molar-refractivity contribution in [3.8, 4) is 11.3 Å². The maximum absolute atomic E-state index is 11.9. The zero-order valence-electron chi connectivity index (χ0n) is 14.2. The first kappa shape index (κ1) is 17.0. The molecular weight excluding hydrogens is 338 g/mol. The monoisotopic (exact) mass is 355 g/mol. The van der Waals surface area contributed by atoms with E-state index < -0.39 is 0 Å². The lowest BCUT2D eigenvalue weighted by molar-refractivity contribution is -0.106. The number of anilines is 3. The Morgan fingerprint density at radius 3 is 2.28 bits per heavy atom. The average molecular weight is 356 g/mol. The normalized spacial score (nSPS) is 10.6. The van der Waals surface area contributed by atoms with Crippen LogP contribution < -0.4 is 9.80 Å². The third-order valence-electron chi connectivity index (χ3n) is 3.95. The molecule has 2 aromatic carbocycles. The Kier molecular flexibility index (Phi) is 4.76. The molecule has 0 fully saturated rings. The van der Waals surface area contributed by atoms with Gasteiger partial charge in [0, 0.05) is 31.0 Å². The van der Waals surface area contributed by atoms with Gasteiger partial charge in [0.1, 0.15) is 11.4 Å². The smallest absolute Gasteiger partial charge is 0.218 e. The van der Waals surface area contributed by atoms with Gasteiger partial charge < -0.3 is 9.42 Å². The van der Waals surface area contributed by atoms with Crippen molar-refractivity contribution in [2.24, 2.45) is 0 Å². The summed E-state index contributed by atoms with van der Waals surface area (Å²) >= 11 is 6.30. The van der Waals surface area contributed by atoms with E-state index in [0.29, 0.717) is 27.7 Å². The molecule has 1 aromatic heterocycles. The molecule has 1 amide bonds. The van der Waals surface area contributed by atoms with Gasteiger partial charge >= 0.3 is 0 Å². The van der Waals surface area contributed by atoms with E-state index in [9.17, 15) is 4.79 Å². The number of hydrogen-bond acceptors (Lipinski definition) is 4. The quantitative estimate of drug-likeness (QED) is 0.624. The highest BCUT2D eigenvalue weighted by Gasteiger charge is 2.23. The maximum Gasteiger partial charge on any atom is 0.218 e. The van der Waals surface area contributed by atoms with Crippen LogP contribution in [0.5, 0.6) is 0 Å². The molecule has 0 aliphatic heterocycles. The van der Waals surface area contributed by atoms with E-state index in [2.05, 4.69) is 5.16 Å². The first-order chi connectivity index (χ1) is 12.0. The van der Waals surface area contributed by atoms with E-state index in [0.717, 1.165) is 17.8 Å². The van der Waals surface area contributed by atoms with Crippen LogP contribution in [-0.4, -0.2) is 25.7 Å². The van der Waals surface area contributed by atoms with E-state index >= 15 is 0 Å². The molecule has 1 heterocycles. The fourth-order valence-corrected chi connectivity index (χ4v) is 2.86. The summed E-state index contributed by atoms with van der Waals surface area (Å²) in [5.41, 5.74) is 3.60. The molecule has 0 saturated carbocycles. The molecule has 0 saturated heterocycles. The highest BCUT2D eigenvalue weighted by molar-refractivity contribution is 6.33. The molecule has 5 nitrogen and oxygen atoms in total. The Hall–Kier alpha value is -2.79. The Balaban J connectivity index is 2.09. The minimum atomic E-state index is 0.534. The van der Waals surface area contributed by atoms with Crippen molar-refractivity contribution in [2.45, 2.75) is 6.92 Å². The molecule has 0 spiro atoms. The molecule has 6 heteroatoms. The van der Waals surface area contributed by atoms with Crippen LogP contribution in [0.1, 0.15) is 5.76 Å². The maximum atomic E-state index is 11.9. The van der Waals surface area contributed by atoms with Gasteiger partial charge in [-0.05, 0) is 37.3 Å². The third kappa shape index (κ3) is 3.23. The summed E-state index contributed by atoms with van der Waals surface area (Å²) in [5.74, 6) is 0.540. The lowest BCUT2D eigenvalue weighted by Crippen LogP contribution is -2.16. The number of halogens is 1. The predicted octanol–water partition coefficient (Wildman–Crippen LogP) is 4.66. The van der Waals surface area contributed by atoms with Crippen LogP contribution >= 0.6 is 11.6 Å². The fraction of sp³-hybridized carbons (Fsp3) is 0.158. The van der Waals surface area contributed by atoms with Gasteiger partial charge in [0.2, 0.25) is 6.41 Å². The van der Waals surface area contributed by atoms with Crippen LogP contribution in [0.3, 0.4) is 0 Å². The Morgan fingerprint density at radius 2 is 1.68 bits per heavy atom. The molecule has 0 aliphatic rings. The number of carbonyl (C=O) groups excluding carboxylic acids is 1. The van der Waals surface area contributed by atoms with E-state index in [4.69, 9.17) is 16.1 Å². The molecule has 0 bridgehead atoms. The second kappa shape index (κ2) is 6.99. The standard InChI is InChI=1S/C19H18ClN3O2/c1-13-19(18(21-25-13)16-6-4-5-7-17(16)20)23(12-24)15-10-8-14(9-11-15)22(2)3/h4-12H,1-3H3. The number of aryl methyl sites for hydroxylation is 1. The minimum absolute atomic E-state index is 0.534. The molecule has 3 rings (SSSR count). The molecule has 0 radical (unpaired) electrons. The second-order valence-corrected chi connectivity index (χ2v) is 6.21. The van der Waals surface area contributed by atoms with Crippen molar-refractivity contribution < 1.29 is 9.32 Å². The highest BCUT2D eigenvalue weighted by atomic mass is 35.5. The van der Waals surface area contributed by atoms with Crippen molar-refractivity contribution in [2.75, 3.05) is 23.9 Å². The number of amides is 1. The Morgan fingerprint density at radius 1 is 1.04 bits per heavy atom. The van der Waals surface area contributed by atoms with Crippen LogP contribution in [0.15, 0.2) is 53.1 Å². The largest absolute Gasteiger partial charge is 0.378 e. The van der Waals surface area contributed by atoms with Gasteiger partial charge in [0.15, 0.2) is 5.76 Å². The number of aromatic nitrogens is 1. The van der Waals surface area contributed by atoms with Crippen molar-refractivity contribution in [3.63, 3.8) is 0 Å².